The number of carbonyl (C=O) groups excluding carboxylic acids is 1. The number of nitrogens with one attached hydrogen (secondary N) is 1. The summed E-state index contributed by atoms with van der Waals surface area (Å²) in [6, 6.07) is 3.75. The smallest absolute Gasteiger partial charge is 0.260 e. The third-order valence-electron chi connectivity index (χ3n) is 2.58. The Labute approximate surface area is 122 Å². The fourth-order valence-electron chi connectivity index (χ4n) is 1.72. The quantitative estimate of drug-likeness (QED) is 0.872. The number of benzene rings is 1. The summed E-state index contributed by atoms with van der Waals surface area (Å²) in [5, 5.41) is 12.2. The second kappa shape index (κ2) is 6.91. The molecular weight excluding hydrogens is 310 g/mol. The topological polar surface area (TPSA) is 58.6 Å². The largest absolute Gasteiger partial charge is 0.480 e. The van der Waals surface area contributed by atoms with E-state index in [4.69, 9.17) is 4.74 Å². The lowest BCUT2D eigenvalue weighted by atomic mass is 10.1. The van der Waals surface area contributed by atoms with E-state index < -0.39 is 6.10 Å². The van der Waals surface area contributed by atoms with Gasteiger partial charge in [0.25, 0.3) is 5.91 Å². The van der Waals surface area contributed by atoms with Crippen molar-refractivity contribution in [1.82, 2.24) is 5.32 Å². The van der Waals surface area contributed by atoms with Gasteiger partial charge in [-0.3, -0.25) is 4.79 Å². The molecule has 4 nitrogen and oxygen atoms in total. The molecule has 1 unspecified atom stereocenters. The van der Waals surface area contributed by atoms with Crippen molar-refractivity contribution in [3.63, 3.8) is 0 Å². The summed E-state index contributed by atoms with van der Waals surface area (Å²) >= 11 is 3.37. The van der Waals surface area contributed by atoms with E-state index in [-0.39, 0.29) is 18.6 Å². The molecule has 0 spiro atoms. The Morgan fingerprint density at radius 3 is 2.58 bits per heavy atom. The van der Waals surface area contributed by atoms with Crippen LogP contribution in [0.3, 0.4) is 0 Å². The number of halogens is 1. The predicted molar refractivity (Wildman–Crippen MR) is 78.2 cm³/mol. The van der Waals surface area contributed by atoms with Crippen molar-refractivity contribution in [1.29, 1.82) is 0 Å². The van der Waals surface area contributed by atoms with Crippen LogP contribution in [0.1, 0.15) is 31.9 Å². The van der Waals surface area contributed by atoms with Crippen LogP contribution >= 0.6 is 15.9 Å². The van der Waals surface area contributed by atoms with E-state index in [1.807, 2.05) is 26.8 Å². The van der Waals surface area contributed by atoms with E-state index in [0.29, 0.717) is 11.3 Å². The van der Waals surface area contributed by atoms with E-state index >= 15 is 0 Å². The van der Waals surface area contributed by atoms with Crippen LogP contribution in [-0.4, -0.2) is 23.2 Å². The first kappa shape index (κ1) is 16.0. The van der Waals surface area contributed by atoms with Gasteiger partial charge in [-0.2, -0.15) is 0 Å². The maximum atomic E-state index is 11.8. The molecule has 5 heteroatoms. The normalized spacial score (nSPS) is 12.4. The molecule has 1 rings (SSSR count). The van der Waals surface area contributed by atoms with Gasteiger partial charge in [-0.05, 0) is 45.4 Å². The molecule has 2 N–H and O–H groups in total. The zero-order valence-corrected chi connectivity index (χ0v) is 13.2. The maximum absolute atomic E-state index is 11.8. The number of ether oxygens (including phenoxy) is 1. The molecule has 1 aromatic rings. The molecule has 0 saturated carbocycles. The SMILES string of the molecule is Cc1cc(Br)cc(CO)c1OC(C)C(=O)NC(C)C. The van der Waals surface area contributed by atoms with Crippen LogP contribution in [0.2, 0.25) is 0 Å². The first-order valence-electron chi connectivity index (χ1n) is 6.22. The molecule has 0 aromatic heterocycles. The van der Waals surface area contributed by atoms with E-state index in [0.717, 1.165) is 10.0 Å². The molecule has 0 saturated heterocycles. The lowest BCUT2D eigenvalue weighted by Crippen LogP contribution is -2.40. The fraction of sp³-hybridized carbons (Fsp3) is 0.500. The first-order valence-corrected chi connectivity index (χ1v) is 7.01. The van der Waals surface area contributed by atoms with Crippen LogP contribution < -0.4 is 10.1 Å². The zero-order valence-electron chi connectivity index (χ0n) is 11.7. The number of hydrogen-bond donors (Lipinski definition) is 2. The second-order valence-corrected chi connectivity index (χ2v) is 5.71. The van der Waals surface area contributed by atoms with Gasteiger partial charge in [0.05, 0.1) is 6.61 Å². The summed E-state index contributed by atoms with van der Waals surface area (Å²) in [5.41, 5.74) is 1.54. The number of rotatable bonds is 5. The lowest BCUT2D eigenvalue weighted by Gasteiger charge is -2.20. The molecule has 0 bridgehead atoms. The Hall–Kier alpha value is -1.07. The van der Waals surface area contributed by atoms with E-state index in [9.17, 15) is 9.90 Å². The summed E-state index contributed by atoms with van der Waals surface area (Å²) in [4.78, 5) is 11.8. The molecule has 0 aliphatic rings. The third kappa shape index (κ3) is 4.51. The molecule has 1 amide bonds. The number of aliphatic hydroxyl groups is 1. The van der Waals surface area contributed by atoms with Crippen molar-refractivity contribution in [3.05, 3.63) is 27.7 Å². The Kier molecular flexibility index (Phi) is 5.82. The summed E-state index contributed by atoms with van der Waals surface area (Å²) in [6.07, 6.45) is -0.604. The van der Waals surface area contributed by atoms with Crippen molar-refractivity contribution < 1.29 is 14.6 Å². The molecule has 0 aliphatic carbocycles. The van der Waals surface area contributed by atoms with Crippen LogP contribution in [0.5, 0.6) is 5.75 Å². The van der Waals surface area contributed by atoms with Crippen LogP contribution in [0.15, 0.2) is 16.6 Å². The van der Waals surface area contributed by atoms with Crippen LogP contribution in [0.4, 0.5) is 0 Å². The van der Waals surface area contributed by atoms with Crippen LogP contribution in [0.25, 0.3) is 0 Å². The van der Waals surface area contributed by atoms with Gasteiger partial charge in [-0.25, -0.2) is 0 Å². The minimum absolute atomic E-state index is 0.0712. The van der Waals surface area contributed by atoms with E-state index in [1.54, 1.807) is 13.0 Å². The average Bonchev–Trinajstić information content (AvgIpc) is 2.30. The predicted octanol–water partition coefficient (Wildman–Crippen LogP) is 2.54. The van der Waals surface area contributed by atoms with Gasteiger partial charge in [0.15, 0.2) is 6.10 Å². The highest BCUT2D eigenvalue weighted by molar-refractivity contribution is 9.10. The van der Waals surface area contributed by atoms with Crippen molar-refractivity contribution >= 4 is 21.8 Å². The highest BCUT2D eigenvalue weighted by Crippen LogP contribution is 2.29. The Bertz CT molecular complexity index is 460. The highest BCUT2D eigenvalue weighted by atomic mass is 79.9. The average molecular weight is 330 g/mol. The minimum Gasteiger partial charge on any atom is -0.480 e. The van der Waals surface area contributed by atoms with Crippen molar-refractivity contribution in [2.24, 2.45) is 0 Å². The standard InChI is InChI=1S/C14H20BrNO3/c1-8(2)16-14(18)10(4)19-13-9(3)5-12(15)6-11(13)7-17/h5-6,8,10,17H,7H2,1-4H3,(H,16,18). The fourth-order valence-corrected chi connectivity index (χ4v) is 2.34. The molecule has 0 radical (unpaired) electrons. The number of aliphatic hydroxyl groups excluding tert-OH is 1. The molecule has 1 atom stereocenters. The van der Waals surface area contributed by atoms with Crippen molar-refractivity contribution in [2.45, 2.75) is 46.4 Å². The number of carbonyl (C=O) groups is 1. The van der Waals surface area contributed by atoms with Crippen molar-refractivity contribution in [2.75, 3.05) is 0 Å². The Morgan fingerprint density at radius 1 is 1.42 bits per heavy atom. The Morgan fingerprint density at radius 2 is 2.05 bits per heavy atom. The maximum Gasteiger partial charge on any atom is 0.260 e. The summed E-state index contributed by atoms with van der Waals surface area (Å²) in [5.74, 6) is 0.401. The molecule has 1 aromatic carbocycles. The highest BCUT2D eigenvalue weighted by Gasteiger charge is 2.18. The molecular formula is C14H20BrNO3. The molecule has 19 heavy (non-hydrogen) atoms. The van der Waals surface area contributed by atoms with Crippen LogP contribution in [0, 0.1) is 6.92 Å². The van der Waals surface area contributed by atoms with Gasteiger partial charge in [-0.15, -0.1) is 0 Å². The first-order chi connectivity index (χ1) is 8.85. The monoisotopic (exact) mass is 329 g/mol. The Balaban J connectivity index is 2.90. The third-order valence-corrected chi connectivity index (χ3v) is 3.04. The van der Waals surface area contributed by atoms with E-state index in [1.165, 1.54) is 0 Å². The van der Waals surface area contributed by atoms with Gasteiger partial charge >= 0.3 is 0 Å². The van der Waals surface area contributed by atoms with E-state index in [2.05, 4.69) is 21.2 Å². The van der Waals surface area contributed by atoms with Crippen molar-refractivity contribution in [3.8, 4) is 5.75 Å². The molecule has 0 fully saturated rings. The van der Waals surface area contributed by atoms with Gasteiger partial charge in [0.2, 0.25) is 0 Å². The summed E-state index contributed by atoms with van der Waals surface area (Å²) in [6.45, 7) is 7.24. The van der Waals surface area contributed by atoms with Gasteiger partial charge in [0.1, 0.15) is 5.75 Å². The molecule has 106 valence electrons. The van der Waals surface area contributed by atoms with Gasteiger partial charge in [-0.1, -0.05) is 15.9 Å². The zero-order chi connectivity index (χ0) is 14.6. The lowest BCUT2D eigenvalue weighted by molar-refractivity contribution is -0.127. The minimum atomic E-state index is -0.604. The number of amides is 1. The van der Waals surface area contributed by atoms with Gasteiger partial charge < -0.3 is 15.2 Å². The van der Waals surface area contributed by atoms with Gasteiger partial charge in [0, 0.05) is 16.1 Å². The number of hydrogen-bond acceptors (Lipinski definition) is 3. The second-order valence-electron chi connectivity index (χ2n) is 4.79. The summed E-state index contributed by atoms with van der Waals surface area (Å²) < 4.78 is 6.57. The van der Waals surface area contributed by atoms with Crippen LogP contribution in [-0.2, 0) is 11.4 Å². The summed E-state index contributed by atoms with van der Waals surface area (Å²) in [7, 11) is 0. The molecule has 0 aliphatic heterocycles. The number of aryl methyl sites for hydroxylation is 1. The molecule has 0 heterocycles.